The highest BCUT2D eigenvalue weighted by Crippen LogP contribution is 2.28. The molecular weight excluding hydrogens is 452 g/mol. The molecule has 0 radical (unpaired) electrons. The van der Waals surface area contributed by atoms with Gasteiger partial charge in [0.25, 0.3) is 5.91 Å². The summed E-state index contributed by atoms with van der Waals surface area (Å²) in [6, 6.07) is 24.9. The van der Waals surface area contributed by atoms with Gasteiger partial charge >= 0.3 is 0 Å². The minimum Gasteiger partial charge on any atom is -0.379 e. The minimum absolute atomic E-state index is 0.149. The van der Waals surface area contributed by atoms with E-state index in [1.54, 1.807) is 6.07 Å². The molecule has 3 aromatic rings. The molecule has 1 heterocycles. The summed E-state index contributed by atoms with van der Waals surface area (Å²) >= 11 is 0. The monoisotopic (exact) mass is 486 g/mol. The summed E-state index contributed by atoms with van der Waals surface area (Å²) in [5.41, 5.74) is 3.72. The van der Waals surface area contributed by atoms with E-state index in [0.29, 0.717) is 17.8 Å². The van der Waals surface area contributed by atoms with Gasteiger partial charge in [0.1, 0.15) is 0 Å². The highest BCUT2D eigenvalue weighted by Gasteiger charge is 2.23. The Hall–Kier alpha value is -3.68. The summed E-state index contributed by atoms with van der Waals surface area (Å²) in [4.78, 5) is 30.8. The van der Waals surface area contributed by atoms with Crippen LogP contribution in [0, 0.1) is 0 Å². The summed E-state index contributed by atoms with van der Waals surface area (Å²) in [7, 11) is 3.80. The lowest BCUT2D eigenvalue weighted by molar-refractivity contribution is -0.116. The molecule has 1 aliphatic heterocycles. The predicted octanol–water partition coefficient (Wildman–Crippen LogP) is 3.59. The summed E-state index contributed by atoms with van der Waals surface area (Å²) < 4.78 is 5.39. The Morgan fingerprint density at radius 1 is 0.917 bits per heavy atom. The number of morpholine rings is 1. The number of nitrogens with one attached hydrogen (secondary N) is 2. The maximum Gasteiger partial charge on any atom is 0.253 e. The van der Waals surface area contributed by atoms with Gasteiger partial charge in [-0.25, -0.2) is 0 Å². The number of hydrogen-bond donors (Lipinski definition) is 2. The fraction of sp³-hybridized carbons (Fsp3) is 0.310. The van der Waals surface area contributed by atoms with E-state index in [-0.39, 0.29) is 11.8 Å². The molecule has 0 aromatic heterocycles. The third-order valence-corrected chi connectivity index (χ3v) is 6.34. The smallest absolute Gasteiger partial charge is 0.253 e. The van der Waals surface area contributed by atoms with Gasteiger partial charge in [-0.15, -0.1) is 0 Å². The van der Waals surface area contributed by atoms with Crippen LogP contribution in [0.3, 0.4) is 0 Å². The van der Waals surface area contributed by atoms with Crippen molar-refractivity contribution >= 4 is 23.2 Å². The van der Waals surface area contributed by atoms with Gasteiger partial charge in [0.2, 0.25) is 5.91 Å². The van der Waals surface area contributed by atoms with Crippen molar-refractivity contribution in [1.29, 1.82) is 0 Å². The third kappa shape index (κ3) is 6.50. The number of anilines is 2. The third-order valence-electron chi connectivity index (χ3n) is 6.34. The van der Waals surface area contributed by atoms with Crippen molar-refractivity contribution in [1.82, 2.24) is 10.2 Å². The zero-order valence-corrected chi connectivity index (χ0v) is 20.9. The zero-order chi connectivity index (χ0) is 25.3. The summed E-state index contributed by atoms with van der Waals surface area (Å²) in [5.74, 6) is -0.777. The van der Waals surface area contributed by atoms with E-state index in [2.05, 4.69) is 15.5 Å². The fourth-order valence-electron chi connectivity index (χ4n) is 4.43. The first-order valence-electron chi connectivity index (χ1n) is 12.3. The Kier molecular flexibility index (Phi) is 8.71. The molecule has 0 bridgehead atoms. The van der Waals surface area contributed by atoms with Crippen LogP contribution in [0.2, 0.25) is 0 Å². The van der Waals surface area contributed by atoms with Crippen molar-refractivity contribution in [3.8, 4) is 0 Å². The quantitative estimate of drug-likeness (QED) is 0.484. The van der Waals surface area contributed by atoms with E-state index in [1.807, 2.05) is 91.8 Å². The SMILES string of the molecule is CN(C)c1ccc(NC(=O)C(c2ccccc2)c2ccccc2)cc1C(=O)NCCN1CCOCC1. The number of amides is 2. The molecule has 1 fully saturated rings. The van der Waals surface area contributed by atoms with Crippen LogP contribution in [0.15, 0.2) is 78.9 Å². The normalized spacial score (nSPS) is 13.9. The van der Waals surface area contributed by atoms with Crippen LogP contribution in [-0.2, 0) is 9.53 Å². The van der Waals surface area contributed by atoms with E-state index >= 15 is 0 Å². The number of carbonyl (C=O) groups excluding carboxylic acids is 2. The molecule has 0 unspecified atom stereocenters. The van der Waals surface area contributed by atoms with Crippen LogP contribution in [0.4, 0.5) is 11.4 Å². The second-order valence-corrected chi connectivity index (χ2v) is 9.08. The predicted molar refractivity (Wildman–Crippen MR) is 144 cm³/mol. The van der Waals surface area contributed by atoms with Crippen LogP contribution >= 0.6 is 0 Å². The molecule has 1 aliphatic rings. The van der Waals surface area contributed by atoms with Gasteiger partial charge in [0.15, 0.2) is 0 Å². The van der Waals surface area contributed by atoms with E-state index in [1.165, 1.54) is 0 Å². The number of carbonyl (C=O) groups is 2. The van der Waals surface area contributed by atoms with Gasteiger partial charge in [0, 0.05) is 51.6 Å². The Morgan fingerprint density at radius 2 is 1.53 bits per heavy atom. The minimum atomic E-state index is -0.466. The Morgan fingerprint density at radius 3 is 2.11 bits per heavy atom. The highest BCUT2D eigenvalue weighted by molar-refractivity contribution is 6.03. The zero-order valence-electron chi connectivity index (χ0n) is 20.9. The van der Waals surface area contributed by atoms with Crippen molar-refractivity contribution < 1.29 is 14.3 Å². The van der Waals surface area contributed by atoms with E-state index in [0.717, 1.165) is 49.7 Å². The van der Waals surface area contributed by atoms with Gasteiger partial charge in [-0.2, -0.15) is 0 Å². The summed E-state index contributed by atoms with van der Waals surface area (Å²) in [5, 5.41) is 6.08. The van der Waals surface area contributed by atoms with Gasteiger partial charge in [-0.3, -0.25) is 14.5 Å². The molecule has 0 saturated carbocycles. The van der Waals surface area contributed by atoms with Crippen LogP contribution in [0.1, 0.15) is 27.4 Å². The molecule has 188 valence electrons. The van der Waals surface area contributed by atoms with Crippen molar-refractivity contribution in [2.24, 2.45) is 0 Å². The van der Waals surface area contributed by atoms with E-state index in [9.17, 15) is 9.59 Å². The number of hydrogen-bond acceptors (Lipinski definition) is 5. The van der Waals surface area contributed by atoms with Crippen molar-refractivity contribution in [3.05, 3.63) is 95.6 Å². The molecular formula is C29H34N4O3. The average Bonchev–Trinajstić information content (AvgIpc) is 2.90. The maximum atomic E-state index is 13.5. The topological polar surface area (TPSA) is 73.9 Å². The van der Waals surface area contributed by atoms with Crippen LogP contribution in [0.5, 0.6) is 0 Å². The summed E-state index contributed by atoms with van der Waals surface area (Å²) in [6.45, 7) is 4.54. The first kappa shape index (κ1) is 25.4. The standard InChI is InChI=1S/C29H34N4O3/c1-32(2)26-14-13-24(21-25(26)28(34)30-15-16-33-17-19-36-20-18-33)31-29(35)27(22-9-5-3-6-10-22)23-11-7-4-8-12-23/h3-14,21,27H,15-20H2,1-2H3,(H,30,34)(H,31,35). The lowest BCUT2D eigenvalue weighted by Gasteiger charge is -2.26. The molecule has 0 spiro atoms. The number of benzene rings is 3. The van der Waals surface area contributed by atoms with Crippen molar-refractivity contribution in [3.63, 3.8) is 0 Å². The first-order valence-corrected chi connectivity index (χ1v) is 12.3. The van der Waals surface area contributed by atoms with Crippen LogP contribution in [0.25, 0.3) is 0 Å². The lowest BCUT2D eigenvalue weighted by atomic mass is 9.90. The van der Waals surface area contributed by atoms with Crippen LogP contribution in [-0.4, -0.2) is 70.2 Å². The van der Waals surface area contributed by atoms with Gasteiger partial charge in [-0.1, -0.05) is 60.7 Å². The second kappa shape index (κ2) is 12.3. The Bertz CT molecular complexity index is 1110. The molecule has 1 saturated heterocycles. The number of rotatable bonds is 9. The lowest BCUT2D eigenvalue weighted by Crippen LogP contribution is -2.41. The van der Waals surface area contributed by atoms with E-state index < -0.39 is 5.92 Å². The highest BCUT2D eigenvalue weighted by atomic mass is 16.5. The maximum absolute atomic E-state index is 13.5. The molecule has 0 atom stereocenters. The second-order valence-electron chi connectivity index (χ2n) is 9.08. The first-order chi connectivity index (χ1) is 17.5. The molecule has 2 N–H and O–H groups in total. The molecule has 3 aromatic carbocycles. The average molecular weight is 487 g/mol. The van der Waals surface area contributed by atoms with Gasteiger partial charge in [-0.05, 0) is 29.3 Å². The molecule has 0 aliphatic carbocycles. The number of nitrogens with zero attached hydrogens (tertiary/aromatic N) is 2. The molecule has 36 heavy (non-hydrogen) atoms. The van der Waals surface area contributed by atoms with Gasteiger partial charge in [0.05, 0.1) is 24.7 Å². The Labute approximate surface area is 213 Å². The van der Waals surface area contributed by atoms with Crippen LogP contribution < -0.4 is 15.5 Å². The molecule has 2 amide bonds. The fourth-order valence-corrected chi connectivity index (χ4v) is 4.43. The molecule has 7 heteroatoms. The van der Waals surface area contributed by atoms with Crippen molar-refractivity contribution in [2.45, 2.75) is 5.92 Å². The van der Waals surface area contributed by atoms with Crippen molar-refractivity contribution in [2.75, 3.05) is 63.7 Å². The number of ether oxygens (including phenoxy) is 1. The van der Waals surface area contributed by atoms with Gasteiger partial charge < -0.3 is 20.3 Å². The molecule has 7 nitrogen and oxygen atoms in total. The Balaban J connectivity index is 1.51. The molecule has 4 rings (SSSR count). The van der Waals surface area contributed by atoms with E-state index in [4.69, 9.17) is 4.74 Å². The summed E-state index contributed by atoms with van der Waals surface area (Å²) in [6.07, 6.45) is 0. The largest absolute Gasteiger partial charge is 0.379 e.